The first kappa shape index (κ1) is 18.9. The summed E-state index contributed by atoms with van der Waals surface area (Å²) in [7, 11) is 2.23. The third-order valence-electron chi connectivity index (χ3n) is 5.55. The molecular formula is C23H32N2O. The second-order valence-corrected chi connectivity index (χ2v) is 7.75. The lowest BCUT2D eigenvalue weighted by Gasteiger charge is -2.42. The molecule has 1 aliphatic heterocycles. The average Bonchev–Trinajstić information content (AvgIpc) is 2.62. The van der Waals surface area contributed by atoms with Gasteiger partial charge in [-0.1, -0.05) is 48.0 Å². The number of hydrogen-bond donors (Lipinski definition) is 0. The van der Waals surface area contributed by atoms with Crippen LogP contribution in [0.25, 0.3) is 0 Å². The Bertz CT molecular complexity index is 689. The lowest BCUT2D eigenvalue weighted by Crippen LogP contribution is -2.55. The van der Waals surface area contributed by atoms with Crippen molar-refractivity contribution < 1.29 is 4.74 Å². The Labute approximate surface area is 158 Å². The van der Waals surface area contributed by atoms with Gasteiger partial charge < -0.3 is 4.74 Å². The van der Waals surface area contributed by atoms with E-state index >= 15 is 0 Å². The highest BCUT2D eigenvalue weighted by Crippen LogP contribution is 2.23. The topological polar surface area (TPSA) is 15.7 Å². The van der Waals surface area contributed by atoms with E-state index in [4.69, 9.17) is 4.74 Å². The van der Waals surface area contributed by atoms with E-state index in [1.807, 2.05) is 0 Å². The van der Waals surface area contributed by atoms with Crippen LogP contribution < -0.4 is 4.74 Å². The molecule has 1 fully saturated rings. The molecule has 140 valence electrons. The Balaban J connectivity index is 1.59. The Kier molecular flexibility index (Phi) is 6.33. The first-order chi connectivity index (χ1) is 12.5. The summed E-state index contributed by atoms with van der Waals surface area (Å²) in [5, 5.41) is 0. The molecule has 0 amide bonds. The summed E-state index contributed by atoms with van der Waals surface area (Å²) in [6.07, 6.45) is 0.917. The molecule has 0 bridgehead atoms. The maximum atomic E-state index is 6.21. The highest BCUT2D eigenvalue weighted by atomic mass is 16.5. The Morgan fingerprint density at radius 1 is 1.00 bits per heavy atom. The van der Waals surface area contributed by atoms with Crippen molar-refractivity contribution in [1.82, 2.24) is 9.80 Å². The van der Waals surface area contributed by atoms with Gasteiger partial charge in [-0.15, -0.1) is 0 Å². The average molecular weight is 353 g/mol. The minimum Gasteiger partial charge on any atom is -0.492 e. The molecule has 0 saturated carbocycles. The fourth-order valence-electron chi connectivity index (χ4n) is 3.78. The lowest BCUT2D eigenvalue weighted by molar-refractivity contribution is 0.0521. The summed E-state index contributed by atoms with van der Waals surface area (Å²) in [4.78, 5) is 5.00. The van der Waals surface area contributed by atoms with Crippen LogP contribution in [-0.4, -0.2) is 55.2 Å². The Morgan fingerprint density at radius 2 is 1.69 bits per heavy atom. The van der Waals surface area contributed by atoms with Crippen LogP contribution in [0.5, 0.6) is 5.75 Å². The van der Waals surface area contributed by atoms with Gasteiger partial charge in [0.25, 0.3) is 0 Å². The minimum absolute atomic E-state index is 0.603. The molecule has 1 heterocycles. The molecule has 2 unspecified atom stereocenters. The van der Waals surface area contributed by atoms with Gasteiger partial charge in [-0.3, -0.25) is 9.80 Å². The zero-order chi connectivity index (χ0) is 18.5. The molecule has 0 aromatic heterocycles. The fraction of sp³-hybridized carbons (Fsp3) is 0.478. The summed E-state index contributed by atoms with van der Waals surface area (Å²) in [5.74, 6) is 1.02. The molecule has 0 aliphatic carbocycles. The van der Waals surface area contributed by atoms with Crippen LogP contribution in [0.3, 0.4) is 0 Å². The minimum atomic E-state index is 0.603. The van der Waals surface area contributed by atoms with Gasteiger partial charge in [-0.2, -0.15) is 0 Å². The zero-order valence-electron chi connectivity index (χ0n) is 16.6. The predicted octanol–water partition coefficient (Wildman–Crippen LogP) is 3.99. The molecule has 0 radical (unpaired) electrons. The summed E-state index contributed by atoms with van der Waals surface area (Å²) in [6.45, 7) is 10.7. The maximum absolute atomic E-state index is 6.21. The monoisotopic (exact) mass is 352 g/mol. The van der Waals surface area contributed by atoms with E-state index < -0.39 is 0 Å². The van der Waals surface area contributed by atoms with Crippen LogP contribution in [0.4, 0.5) is 0 Å². The quantitative estimate of drug-likeness (QED) is 0.782. The maximum Gasteiger partial charge on any atom is 0.122 e. The molecule has 3 nitrogen and oxygen atoms in total. The molecule has 0 N–H and O–H groups in total. The number of nitrogens with zero attached hydrogens (tertiary/aromatic N) is 2. The molecule has 0 spiro atoms. The van der Waals surface area contributed by atoms with Crippen LogP contribution in [0.2, 0.25) is 0 Å². The van der Waals surface area contributed by atoms with Gasteiger partial charge in [-0.05, 0) is 45.0 Å². The molecule has 2 aromatic carbocycles. The van der Waals surface area contributed by atoms with E-state index in [-0.39, 0.29) is 0 Å². The van der Waals surface area contributed by atoms with Crippen LogP contribution >= 0.6 is 0 Å². The highest BCUT2D eigenvalue weighted by Gasteiger charge is 2.26. The molecule has 1 aliphatic rings. The van der Waals surface area contributed by atoms with Gasteiger partial charge >= 0.3 is 0 Å². The Hall–Kier alpha value is -1.84. The number of benzene rings is 2. The van der Waals surface area contributed by atoms with Crippen molar-refractivity contribution in [1.29, 1.82) is 0 Å². The van der Waals surface area contributed by atoms with Crippen LogP contribution in [0.1, 0.15) is 30.5 Å². The number of rotatable bonds is 6. The fourth-order valence-corrected chi connectivity index (χ4v) is 3.78. The standard InChI is InChI=1S/C23H32N2O/c1-18-10-11-23(22(14-18)15-21-8-6-5-7-9-21)26-13-12-25-16-19(2)24(4)20(3)17-25/h5-11,14,19-20H,12-13,15-17H2,1-4H3. The van der Waals surface area contributed by atoms with Gasteiger partial charge in [0.05, 0.1) is 0 Å². The van der Waals surface area contributed by atoms with Crippen molar-refractivity contribution in [2.45, 2.75) is 39.3 Å². The lowest BCUT2D eigenvalue weighted by atomic mass is 10.0. The first-order valence-electron chi connectivity index (χ1n) is 9.73. The van der Waals surface area contributed by atoms with Crippen molar-refractivity contribution in [2.75, 3.05) is 33.3 Å². The van der Waals surface area contributed by atoms with E-state index in [2.05, 4.69) is 86.1 Å². The molecule has 2 aromatic rings. The molecule has 3 rings (SSSR count). The van der Waals surface area contributed by atoms with Crippen molar-refractivity contribution in [3.8, 4) is 5.75 Å². The summed E-state index contributed by atoms with van der Waals surface area (Å²) in [6, 6.07) is 18.4. The number of piperazine rings is 1. The Morgan fingerprint density at radius 3 is 2.38 bits per heavy atom. The predicted molar refractivity (Wildman–Crippen MR) is 109 cm³/mol. The van der Waals surface area contributed by atoms with Crippen LogP contribution in [0.15, 0.2) is 48.5 Å². The van der Waals surface area contributed by atoms with E-state index in [9.17, 15) is 0 Å². The number of aryl methyl sites for hydroxylation is 1. The van der Waals surface area contributed by atoms with Crippen LogP contribution in [0, 0.1) is 6.92 Å². The third kappa shape index (κ3) is 4.87. The van der Waals surface area contributed by atoms with Crippen molar-refractivity contribution >= 4 is 0 Å². The molecule has 1 saturated heterocycles. The van der Waals surface area contributed by atoms with E-state index in [1.54, 1.807) is 0 Å². The van der Waals surface area contributed by atoms with E-state index in [0.29, 0.717) is 12.1 Å². The summed E-state index contributed by atoms with van der Waals surface area (Å²) < 4.78 is 6.21. The van der Waals surface area contributed by atoms with Gasteiger partial charge in [-0.25, -0.2) is 0 Å². The SMILES string of the molecule is Cc1ccc(OCCN2CC(C)N(C)C(C)C2)c(Cc2ccccc2)c1. The zero-order valence-corrected chi connectivity index (χ0v) is 16.6. The number of ether oxygens (including phenoxy) is 1. The van der Waals surface area contributed by atoms with Crippen LogP contribution in [-0.2, 0) is 6.42 Å². The second-order valence-electron chi connectivity index (χ2n) is 7.75. The smallest absolute Gasteiger partial charge is 0.122 e. The van der Waals surface area contributed by atoms with Crippen molar-refractivity contribution in [3.63, 3.8) is 0 Å². The third-order valence-corrected chi connectivity index (χ3v) is 5.55. The highest BCUT2D eigenvalue weighted by molar-refractivity contribution is 5.40. The van der Waals surface area contributed by atoms with E-state index in [1.165, 1.54) is 16.7 Å². The van der Waals surface area contributed by atoms with Gasteiger partial charge in [0.2, 0.25) is 0 Å². The van der Waals surface area contributed by atoms with Gasteiger partial charge in [0, 0.05) is 38.1 Å². The molecule has 3 heteroatoms. The van der Waals surface area contributed by atoms with Crippen molar-refractivity contribution in [3.05, 3.63) is 65.2 Å². The normalized spacial score (nSPS) is 21.7. The second kappa shape index (κ2) is 8.70. The van der Waals surface area contributed by atoms with Gasteiger partial charge in [0.1, 0.15) is 12.4 Å². The molecule has 26 heavy (non-hydrogen) atoms. The summed E-state index contributed by atoms with van der Waals surface area (Å²) >= 11 is 0. The largest absolute Gasteiger partial charge is 0.492 e. The molecule has 2 atom stereocenters. The van der Waals surface area contributed by atoms with E-state index in [0.717, 1.165) is 38.4 Å². The van der Waals surface area contributed by atoms with Gasteiger partial charge in [0.15, 0.2) is 0 Å². The number of likely N-dealkylation sites (N-methyl/N-ethyl adjacent to an activating group) is 1. The van der Waals surface area contributed by atoms with Crippen molar-refractivity contribution in [2.24, 2.45) is 0 Å². The molecular weight excluding hydrogens is 320 g/mol. The first-order valence-corrected chi connectivity index (χ1v) is 9.73. The number of hydrogen-bond acceptors (Lipinski definition) is 3. The summed E-state index contributed by atoms with van der Waals surface area (Å²) in [5.41, 5.74) is 3.88.